The lowest BCUT2D eigenvalue weighted by molar-refractivity contribution is -0.183. The molecular formula is C32H42N2O4S. The van der Waals surface area contributed by atoms with Crippen molar-refractivity contribution in [1.29, 1.82) is 0 Å². The van der Waals surface area contributed by atoms with Crippen LogP contribution in [0.4, 0.5) is 0 Å². The zero-order valence-electron chi connectivity index (χ0n) is 23.7. The largest absolute Gasteiger partial charge is 0.394 e. The van der Waals surface area contributed by atoms with Crippen molar-refractivity contribution in [3.8, 4) is 11.1 Å². The predicted octanol–water partition coefficient (Wildman–Crippen LogP) is 4.88. The topological polar surface area (TPSA) is 82.0 Å². The SMILES string of the molecule is CSc1cccc(-c2cccc(CN3O[C@@H](CO)[C@]4(CC4(C)O)C3C(=O)N[C@H]3C[C@H]4C[C@@H]([C@@H]3C)C4(C)C)c2)c1. The van der Waals surface area contributed by atoms with E-state index >= 15 is 0 Å². The van der Waals surface area contributed by atoms with Crippen LogP contribution in [0.3, 0.4) is 0 Å². The average molecular weight is 551 g/mol. The normalized spacial score (nSPS) is 38.4. The molecule has 8 atom stereocenters. The summed E-state index contributed by atoms with van der Waals surface area (Å²) in [5, 5.41) is 26.6. The summed E-state index contributed by atoms with van der Waals surface area (Å²) in [7, 11) is 0. The molecule has 1 aliphatic heterocycles. The standard InChI is InChI=1S/C32H42N2O4S/c1-19-25-14-23(30(25,2)3)15-26(19)33-29(36)28-32(18-31(32,4)37)27(17-35)38-34(28)16-20-8-6-9-21(12-20)22-10-7-11-24(13-22)39-5/h6-13,19,23,25-28,35,37H,14-18H2,1-5H3,(H,33,36)/t19-,23+,25-,26-,27-,28?,31?,32+/m0/s1. The summed E-state index contributed by atoms with van der Waals surface area (Å²) in [6, 6.07) is 16.2. The minimum absolute atomic E-state index is 0.0940. The number of amides is 1. The van der Waals surface area contributed by atoms with Gasteiger partial charge in [-0.25, -0.2) is 0 Å². The quantitative estimate of drug-likeness (QED) is 0.427. The third-order valence-corrected chi connectivity index (χ3v) is 11.6. The average Bonchev–Trinajstić information content (AvgIpc) is 3.34. The number of hydrogen-bond donors (Lipinski definition) is 3. The first-order chi connectivity index (χ1) is 18.5. The molecule has 2 aromatic rings. The van der Waals surface area contributed by atoms with Crippen molar-refractivity contribution in [3.63, 3.8) is 0 Å². The molecule has 6 nitrogen and oxygen atoms in total. The van der Waals surface area contributed by atoms with Gasteiger partial charge in [-0.15, -0.1) is 11.8 Å². The molecule has 3 N–H and O–H groups in total. The van der Waals surface area contributed by atoms with E-state index in [0.717, 1.165) is 23.1 Å². The van der Waals surface area contributed by atoms with Gasteiger partial charge in [-0.1, -0.05) is 51.1 Å². The van der Waals surface area contributed by atoms with Gasteiger partial charge in [-0.05, 0) is 90.5 Å². The fourth-order valence-electron chi connectivity index (χ4n) is 8.25. The van der Waals surface area contributed by atoms with Gasteiger partial charge in [0, 0.05) is 10.9 Å². The molecule has 4 saturated carbocycles. The maximum atomic E-state index is 14.1. The van der Waals surface area contributed by atoms with Gasteiger partial charge in [0.05, 0.1) is 24.2 Å². The highest BCUT2D eigenvalue weighted by Crippen LogP contribution is 2.66. The van der Waals surface area contributed by atoms with Crippen LogP contribution in [-0.2, 0) is 16.2 Å². The molecule has 2 aromatic carbocycles. The number of thioether (sulfide) groups is 1. The maximum absolute atomic E-state index is 14.1. The Hall–Kier alpha value is -1.90. The summed E-state index contributed by atoms with van der Waals surface area (Å²) < 4.78 is 0. The monoisotopic (exact) mass is 550 g/mol. The fraction of sp³-hybridized carbons (Fsp3) is 0.594. The number of hydrogen-bond acceptors (Lipinski definition) is 6. The molecule has 1 saturated heterocycles. The molecule has 7 rings (SSSR count). The van der Waals surface area contributed by atoms with E-state index in [4.69, 9.17) is 4.84 Å². The molecule has 5 fully saturated rings. The molecular weight excluding hydrogens is 508 g/mol. The molecule has 39 heavy (non-hydrogen) atoms. The highest BCUT2D eigenvalue weighted by atomic mass is 32.2. The van der Waals surface area contributed by atoms with E-state index in [-0.39, 0.29) is 18.6 Å². The van der Waals surface area contributed by atoms with Gasteiger partial charge in [-0.2, -0.15) is 5.06 Å². The minimum Gasteiger partial charge on any atom is -0.394 e. The van der Waals surface area contributed by atoms with Crippen LogP contribution in [-0.4, -0.2) is 57.8 Å². The van der Waals surface area contributed by atoms with Crippen LogP contribution in [0.15, 0.2) is 53.4 Å². The van der Waals surface area contributed by atoms with Crippen LogP contribution in [0.25, 0.3) is 11.1 Å². The van der Waals surface area contributed by atoms with Crippen LogP contribution < -0.4 is 5.32 Å². The number of hydroxylamine groups is 2. The first-order valence-corrected chi connectivity index (χ1v) is 15.5. The van der Waals surface area contributed by atoms with Gasteiger partial charge in [0.15, 0.2) is 0 Å². The smallest absolute Gasteiger partial charge is 0.240 e. The Morgan fingerprint density at radius 2 is 1.82 bits per heavy atom. The Kier molecular flexibility index (Phi) is 6.71. The number of aliphatic hydroxyl groups excluding tert-OH is 1. The van der Waals surface area contributed by atoms with Crippen LogP contribution in [0, 0.1) is 28.6 Å². The highest BCUT2D eigenvalue weighted by molar-refractivity contribution is 7.98. The summed E-state index contributed by atoms with van der Waals surface area (Å²) >= 11 is 1.72. The lowest BCUT2D eigenvalue weighted by Gasteiger charge is -2.62. The van der Waals surface area contributed by atoms with Gasteiger partial charge in [0.25, 0.3) is 0 Å². The van der Waals surface area contributed by atoms with E-state index in [0.29, 0.717) is 36.1 Å². The van der Waals surface area contributed by atoms with E-state index < -0.39 is 23.2 Å². The van der Waals surface area contributed by atoms with Gasteiger partial charge < -0.3 is 15.5 Å². The summed E-state index contributed by atoms with van der Waals surface area (Å²) in [6.07, 6.45) is 4.12. The Labute approximate surface area is 236 Å². The number of carbonyl (C=O) groups excluding carboxylic acids is 1. The molecule has 2 unspecified atom stereocenters. The molecule has 210 valence electrons. The van der Waals surface area contributed by atoms with E-state index in [1.165, 1.54) is 11.3 Å². The first kappa shape index (κ1) is 27.3. The number of benzene rings is 2. The van der Waals surface area contributed by atoms with Crippen molar-refractivity contribution >= 4 is 17.7 Å². The fourth-order valence-corrected chi connectivity index (χ4v) is 8.71. The van der Waals surface area contributed by atoms with Gasteiger partial charge >= 0.3 is 0 Å². The Bertz CT molecular complexity index is 1260. The van der Waals surface area contributed by atoms with Crippen molar-refractivity contribution in [2.24, 2.45) is 28.6 Å². The second-order valence-corrected chi connectivity index (χ2v) is 14.1. The van der Waals surface area contributed by atoms with Gasteiger partial charge in [-0.3, -0.25) is 9.63 Å². The minimum atomic E-state index is -1.07. The third-order valence-electron chi connectivity index (χ3n) is 10.9. The lowest BCUT2D eigenvalue weighted by Crippen LogP contribution is -2.62. The van der Waals surface area contributed by atoms with Crippen LogP contribution in [0.1, 0.15) is 52.5 Å². The molecule has 1 amide bonds. The zero-order chi connectivity index (χ0) is 27.7. The molecule has 2 bridgehead atoms. The van der Waals surface area contributed by atoms with E-state index in [2.05, 4.69) is 68.7 Å². The van der Waals surface area contributed by atoms with Crippen LogP contribution >= 0.6 is 11.8 Å². The van der Waals surface area contributed by atoms with E-state index in [1.807, 2.05) is 12.1 Å². The van der Waals surface area contributed by atoms with Crippen molar-refractivity contribution in [1.82, 2.24) is 10.4 Å². The van der Waals surface area contributed by atoms with Gasteiger partial charge in [0.2, 0.25) is 5.91 Å². The molecule has 5 aliphatic rings. The summed E-state index contributed by atoms with van der Waals surface area (Å²) in [5.41, 5.74) is 1.71. The Morgan fingerprint density at radius 1 is 1.13 bits per heavy atom. The number of aliphatic hydroxyl groups is 2. The van der Waals surface area contributed by atoms with Gasteiger partial charge in [0.1, 0.15) is 12.1 Å². The van der Waals surface area contributed by atoms with Crippen molar-refractivity contribution in [2.45, 2.75) is 82.2 Å². The Balaban J connectivity index is 1.26. The molecule has 0 aromatic heterocycles. The number of nitrogens with zero attached hydrogens (tertiary/aromatic N) is 1. The van der Waals surface area contributed by atoms with Crippen molar-refractivity contribution < 1.29 is 19.8 Å². The second-order valence-electron chi connectivity index (χ2n) is 13.2. The number of carbonyl (C=O) groups is 1. The zero-order valence-corrected chi connectivity index (χ0v) is 24.5. The number of rotatable bonds is 7. The van der Waals surface area contributed by atoms with E-state index in [9.17, 15) is 15.0 Å². The van der Waals surface area contributed by atoms with Crippen LogP contribution in [0.2, 0.25) is 0 Å². The number of nitrogens with one attached hydrogen (secondary N) is 1. The molecule has 1 heterocycles. The van der Waals surface area contributed by atoms with E-state index in [1.54, 1.807) is 23.7 Å². The second kappa shape index (κ2) is 9.59. The predicted molar refractivity (Wildman–Crippen MR) is 154 cm³/mol. The lowest BCUT2D eigenvalue weighted by atomic mass is 9.45. The van der Waals surface area contributed by atoms with Crippen molar-refractivity contribution in [3.05, 3.63) is 54.1 Å². The molecule has 1 spiro atoms. The molecule has 0 radical (unpaired) electrons. The summed E-state index contributed by atoms with van der Waals surface area (Å²) in [6.45, 7) is 8.91. The molecule has 4 aliphatic carbocycles. The Morgan fingerprint density at radius 3 is 2.44 bits per heavy atom. The van der Waals surface area contributed by atoms with Crippen LogP contribution in [0.5, 0.6) is 0 Å². The molecule has 7 heteroatoms. The summed E-state index contributed by atoms with van der Waals surface area (Å²) in [5.74, 6) is 1.56. The highest BCUT2D eigenvalue weighted by Gasteiger charge is 2.78. The number of fused-ring (bicyclic) bond motifs is 2. The van der Waals surface area contributed by atoms with Crippen molar-refractivity contribution in [2.75, 3.05) is 12.9 Å². The maximum Gasteiger partial charge on any atom is 0.240 e. The third kappa shape index (κ3) is 4.27. The first-order valence-electron chi connectivity index (χ1n) is 14.3. The summed E-state index contributed by atoms with van der Waals surface area (Å²) in [4.78, 5) is 21.6.